The summed E-state index contributed by atoms with van der Waals surface area (Å²) in [5.74, 6) is -0.150. The molecule has 0 saturated heterocycles. The van der Waals surface area contributed by atoms with Gasteiger partial charge in [0.05, 0.1) is 17.8 Å². The summed E-state index contributed by atoms with van der Waals surface area (Å²) in [6.45, 7) is 1.94. The van der Waals surface area contributed by atoms with E-state index in [4.69, 9.17) is 5.11 Å². The van der Waals surface area contributed by atoms with Crippen LogP contribution in [0.4, 0.5) is 0 Å². The van der Waals surface area contributed by atoms with E-state index in [1.165, 1.54) is 5.56 Å². The van der Waals surface area contributed by atoms with Crippen LogP contribution in [0.15, 0.2) is 12.3 Å². The minimum absolute atomic E-state index is 0.122. The number of aliphatic carboxylic acids is 1. The molecule has 0 atom stereocenters. The fourth-order valence-corrected chi connectivity index (χ4v) is 2.59. The monoisotopic (exact) mass is 234 g/mol. The molecule has 0 bridgehead atoms. The molecule has 4 nitrogen and oxygen atoms in total. The van der Waals surface area contributed by atoms with Gasteiger partial charge in [0, 0.05) is 0 Å². The number of carboxylic acids is 1. The summed E-state index contributed by atoms with van der Waals surface area (Å²) in [5.41, 5.74) is 2.16. The fourth-order valence-electron chi connectivity index (χ4n) is 2.59. The smallest absolute Gasteiger partial charge is 0.306 e. The standard InChI is InChI=1S/C13H18N2O2/c1-9-6-11(8-14-15-9)7-10-2-4-12(5-3-10)13(16)17/h6,8,10,12H,2-5,7H2,1H3,(H,16,17). The maximum Gasteiger partial charge on any atom is 0.306 e. The summed E-state index contributed by atoms with van der Waals surface area (Å²) in [7, 11) is 0. The molecule has 0 radical (unpaired) electrons. The third-order valence-corrected chi connectivity index (χ3v) is 3.55. The predicted octanol–water partition coefficient (Wildman–Crippen LogP) is 2.22. The molecule has 17 heavy (non-hydrogen) atoms. The van der Waals surface area contributed by atoms with E-state index in [9.17, 15) is 4.79 Å². The molecule has 92 valence electrons. The minimum Gasteiger partial charge on any atom is -0.481 e. The van der Waals surface area contributed by atoms with Crippen LogP contribution in [0.25, 0.3) is 0 Å². The third-order valence-electron chi connectivity index (χ3n) is 3.55. The van der Waals surface area contributed by atoms with Crippen molar-refractivity contribution in [3.05, 3.63) is 23.5 Å². The number of aromatic nitrogens is 2. The molecule has 1 N–H and O–H groups in total. The Hall–Kier alpha value is -1.45. The Morgan fingerprint density at radius 3 is 2.71 bits per heavy atom. The maximum atomic E-state index is 10.8. The van der Waals surface area contributed by atoms with Crippen molar-refractivity contribution in [1.82, 2.24) is 10.2 Å². The Morgan fingerprint density at radius 2 is 2.12 bits per heavy atom. The molecule has 0 aliphatic heterocycles. The van der Waals surface area contributed by atoms with Crippen LogP contribution in [0, 0.1) is 18.8 Å². The predicted molar refractivity (Wildman–Crippen MR) is 63.6 cm³/mol. The second-order valence-electron chi connectivity index (χ2n) is 4.97. The zero-order valence-corrected chi connectivity index (χ0v) is 10.1. The summed E-state index contributed by atoms with van der Waals surface area (Å²) in [4.78, 5) is 10.8. The van der Waals surface area contributed by atoms with Crippen molar-refractivity contribution in [2.45, 2.75) is 39.0 Å². The molecule has 1 saturated carbocycles. The number of hydrogen-bond donors (Lipinski definition) is 1. The first kappa shape index (κ1) is 12.0. The Kier molecular flexibility index (Phi) is 3.71. The van der Waals surface area contributed by atoms with Gasteiger partial charge in [-0.05, 0) is 56.6 Å². The second kappa shape index (κ2) is 5.25. The average Bonchev–Trinajstić information content (AvgIpc) is 2.29. The van der Waals surface area contributed by atoms with Crippen LogP contribution >= 0.6 is 0 Å². The van der Waals surface area contributed by atoms with Gasteiger partial charge in [0.15, 0.2) is 0 Å². The van der Waals surface area contributed by atoms with E-state index in [1.807, 2.05) is 13.1 Å². The molecular formula is C13H18N2O2. The topological polar surface area (TPSA) is 63.1 Å². The van der Waals surface area contributed by atoms with Gasteiger partial charge in [0.2, 0.25) is 0 Å². The lowest BCUT2D eigenvalue weighted by Gasteiger charge is -2.25. The molecule has 0 unspecified atom stereocenters. The van der Waals surface area contributed by atoms with Gasteiger partial charge in [0.25, 0.3) is 0 Å². The van der Waals surface area contributed by atoms with Gasteiger partial charge < -0.3 is 5.11 Å². The zero-order chi connectivity index (χ0) is 12.3. The average molecular weight is 234 g/mol. The molecule has 1 aliphatic carbocycles. The van der Waals surface area contributed by atoms with Crippen molar-refractivity contribution in [3.8, 4) is 0 Å². The quantitative estimate of drug-likeness (QED) is 0.871. The van der Waals surface area contributed by atoms with Crippen LogP contribution in [0.2, 0.25) is 0 Å². The largest absolute Gasteiger partial charge is 0.481 e. The van der Waals surface area contributed by atoms with Gasteiger partial charge in [-0.3, -0.25) is 4.79 Å². The lowest BCUT2D eigenvalue weighted by Crippen LogP contribution is -2.22. The summed E-state index contributed by atoms with van der Waals surface area (Å²) in [6, 6.07) is 2.07. The molecule has 1 aromatic rings. The molecule has 1 aromatic heterocycles. The summed E-state index contributed by atoms with van der Waals surface area (Å²) in [5, 5.41) is 16.8. The van der Waals surface area contributed by atoms with E-state index in [0.717, 1.165) is 37.8 Å². The van der Waals surface area contributed by atoms with E-state index in [-0.39, 0.29) is 5.92 Å². The lowest BCUT2D eigenvalue weighted by molar-refractivity contribution is -0.143. The normalized spacial score (nSPS) is 24.5. The third kappa shape index (κ3) is 3.25. The number of hydrogen-bond acceptors (Lipinski definition) is 3. The number of carboxylic acid groups (broad SMARTS) is 1. The first-order valence-corrected chi connectivity index (χ1v) is 6.16. The summed E-state index contributed by atoms with van der Waals surface area (Å²) < 4.78 is 0. The molecule has 1 fully saturated rings. The van der Waals surface area contributed by atoms with Gasteiger partial charge in [-0.15, -0.1) is 0 Å². The Morgan fingerprint density at radius 1 is 1.41 bits per heavy atom. The van der Waals surface area contributed by atoms with Crippen LogP contribution in [0.3, 0.4) is 0 Å². The number of aryl methyl sites for hydroxylation is 1. The summed E-state index contributed by atoms with van der Waals surface area (Å²) in [6.07, 6.45) is 6.48. The summed E-state index contributed by atoms with van der Waals surface area (Å²) >= 11 is 0. The van der Waals surface area contributed by atoms with E-state index < -0.39 is 5.97 Å². The van der Waals surface area contributed by atoms with Gasteiger partial charge in [-0.1, -0.05) is 0 Å². The SMILES string of the molecule is Cc1cc(CC2CCC(C(=O)O)CC2)cnn1. The Labute approximate surface area is 101 Å². The Balaban J connectivity index is 1.88. The number of rotatable bonds is 3. The van der Waals surface area contributed by atoms with E-state index in [0.29, 0.717) is 5.92 Å². The first-order valence-electron chi connectivity index (χ1n) is 6.16. The van der Waals surface area contributed by atoms with Crippen molar-refractivity contribution in [1.29, 1.82) is 0 Å². The Bertz CT molecular complexity index is 398. The molecule has 4 heteroatoms. The maximum absolute atomic E-state index is 10.8. The lowest BCUT2D eigenvalue weighted by atomic mass is 9.79. The molecule has 0 spiro atoms. The van der Waals surface area contributed by atoms with Crippen LogP contribution in [-0.2, 0) is 11.2 Å². The van der Waals surface area contributed by atoms with Gasteiger partial charge in [-0.25, -0.2) is 0 Å². The minimum atomic E-state index is -0.634. The van der Waals surface area contributed by atoms with Gasteiger partial charge >= 0.3 is 5.97 Å². The molecule has 0 amide bonds. The number of carbonyl (C=O) groups is 1. The van der Waals surface area contributed by atoms with Crippen LogP contribution in [-0.4, -0.2) is 21.3 Å². The van der Waals surface area contributed by atoms with Gasteiger partial charge in [0.1, 0.15) is 0 Å². The van der Waals surface area contributed by atoms with Crippen LogP contribution < -0.4 is 0 Å². The molecule has 1 aliphatic rings. The molecular weight excluding hydrogens is 216 g/mol. The van der Waals surface area contributed by atoms with Crippen LogP contribution in [0.5, 0.6) is 0 Å². The van der Waals surface area contributed by atoms with Crippen molar-refractivity contribution >= 4 is 5.97 Å². The number of nitrogens with zero attached hydrogens (tertiary/aromatic N) is 2. The first-order chi connectivity index (χ1) is 8.15. The van der Waals surface area contributed by atoms with Crippen molar-refractivity contribution < 1.29 is 9.90 Å². The molecule has 0 aromatic carbocycles. The highest BCUT2D eigenvalue weighted by atomic mass is 16.4. The molecule has 2 rings (SSSR count). The van der Waals surface area contributed by atoms with E-state index in [2.05, 4.69) is 16.3 Å². The van der Waals surface area contributed by atoms with Crippen molar-refractivity contribution in [2.75, 3.05) is 0 Å². The van der Waals surface area contributed by atoms with Crippen molar-refractivity contribution in [2.24, 2.45) is 11.8 Å². The highest BCUT2D eigenvalue weighted by Crippen LogP contribution is 2.31. The highest BCUT2D eigenvalue weighted by molar-refractivity contribution is 5.69. The fraction of sp³-hybridized carbons (Fsp3) is 0.615. The van der Waals surface area contributed by atoms with E-state index >= 15 is 0 Å². The highest BCUT2D eigenvalue weighted by Gasteiger charge is 2.25. The van der Waals surface area contributed by atoms with Gasteiger partial charge in [-0.2, -0.15) is 10.2 Å². The van der Waals surface area contributed by atoms with Crippen LogP contribution in [0.1, 0.15) is 36.9 Å². The molecule has 1 heterocycles. The second-order valence-corrected chi connectivity index (χ2v) is 4.97. The van der Waals surface area contributed by atoms with Crippen molar-refractivity contribution in [3.63, 3.8) is 0 Å². The zero-order valence-electron chi connectivity index (χ0n) is 10.1. The van der Waals surface area contributed by atoms with E-state index in [1.54, 1.807) is 0 Å².